The molecule has 1 aliphatic rings. The highest BCUT2D eigenvalue weighted by atomic mass is 33.1. The second kappa shape index (κ2) is 34.7. The van der Waals surface area contributed by atoms with Gasteiger partial charge >= 0.3 is 5.97 Å². The first-order chi connectivity index (χ1) is 39.1. The maximum Gasteiger partial charge on any atom is 0.305 e. The van der Waals surface area contributed by atoms with Crippen molar-refractivity contribution in [2.45, 2.75) is 159 Å². The van der Waals surface area contributed by atoms with Gasteiger partial charge in [0.15, 0.2) is 5.96 Å². The van der Waals surface area contributed by atoms with Gasteiger partial charge < -0.3 is 91.9 Å². The normalized spacial score (nSPS) is 20.4. The number of fused-ring (bicyclic) bond motifs is 1. The molecule has 1 aromatic heterocycles. The van der Waals surface area contributed by atoms with Gasteiger partial charge in [-0.15, -0.1) is 0 Å². The second-order valence-electron chi connectivity index (χ2n) is 20.4. The van der Waals surface area contributed by atoms with Gasteiger partial charge in [0.05, 0.1) is 12.5 Å². The summed E-state index contributed by atoms with van der Waals surface area (Å²) in [7, 11) is 1.92. The summed E-state index contributed by atoms with van der Waals surface area (Å²) in [5.74, 6) is -11.6. The molecule has 83 heavy (non-hydrogen) atoms. The molecular weight excluding hydrogens is 1120 g/mol. The Hall–Kier alpha value is -7.71. The third kappa shape index (κ3) is 24.0. The molecule has 0 aliphatic carbocycles. The summed E-state index contributed by atoms with van der Waals surface area (Å²) in [5, 5.41) is 35.3. The molecule has 0 unspecified atom stereocenters. The first-order valence-electron chi connectivity index (χ1n) is 27.0. The number of carboxylic acid groups (broad SMARTS) is 1. The highest BCUT2D eigenvalue weighted by molar-refractivity contribution is 8.76. The molecular formula is C51H81N17O13S2. The molecule has 3 rings (SSSR count). The minimum Gasteiger partial charge on any atom is -0.481 e. The highest BCUT2D eigenvalue weighted by Gasteiger charge is 2.35. The number of nitrogens with one attached hydrogen (secondary N) is 11. The monoisotopic (exact) mass is 1200 g/mol. The molecule has 460 valence electrons. The number of aliphatic imine (C=N–C) groups is 1. The Morgan fingerprint density at radius 2 is 1.30 bits per heavy atom. The van der Waals surface area contributed by atoms with E-state index >= 15 is 0 Å². The van der Waals surface area contributed by atoms with E-state index in [2.05, 4.69) is 63.1 Å². The molecule has 1 fully saturated rings. The van der Waals surface area contributed by atoms with Crippen LogP contribution in [-0.2, 0) is 64.0 Å². The molecule has 11 atom stereocenters. The number of guanidine groups is 1. The number of aliphatic carboxylic acids is 1. The summed E-state index contributed by atoms with van der Waals surface area (Å²) in [6, 6.07) is -7.49. The molecule has 0 radical (unpaired) electrons. The van der Waals surface area contributed by atoms with Crippen molar-refractivity contribution >= 4 is 109 Å². The van der Waals surface area contributed by atoms with E-state index in [1.54, 1.807) is 26.1 Å². The largest absolute Gasteiger partial charge is 0.481 e. The number of nitrogens with zero attached hydrogens (tertiary/aromatic N) is 1. The first kappa shape index (κ1) is 69.6. The fraction of sp³-hybridized carbons (Fsp3) is 0.588. The van der Waals surface area contributed by atoms with Crippen LogP contribution in [0.4, 0.5) is 0 Å². The van der Waals surface area contributed by atoms with Crippen LogP contribution >= 0.6 is 21.6 Å². The summed E-state index contributed by atoms with van der Waals surface area (Å²) in [6.45, 7) is 9.17. The third-order valence-corrected chi connectivity index (χ3v) is 15.2. The number of primary amides is 1. The van der Waals surface area contributed by atoms with Crippen LogP contribution in [0.1, 0.15) is 92.1 Å². The quantitative estimate of drug-likeness (QED) is 0.0174. The highest BCUT2D eigenvalue weighted by Crippen LogP contribution is 2.24. The lowest BCUT2D eigenvalue weighted by molar-refractivity contribution is -0.139. The molecule has 1 aliphatic heterocycles. The minimum atomic E-state index is -1.47. The van der Waals surface area contributed by atoms with E-state index in [-0.39, 0.29) is 68.6 Å². The topological polar surface area (TPSA) is 504 Å². The van der Waals surface area contributed by atoms with Gasteiger partial charge in [-0.3, -0.25) is 62.5 Å². The predicted octanol–water partition coefficient (Wildman–Crippen LogP) is -4.45. The van der Waals surface area contributed by atoms with Crippen molar-refractivity contribution < 1.29 is 62.6 Å². The Morgan fingerprint density at radius 1 is 0.699 bits per heavy atom. The molecule has 32 heteroatoms. The predicted molar refractivity (Wildman–Crippen MR) is 311 cm³/mol. The number of unbranched alkanes of at least 4 members (excludes halogenated alkanes) is 1. The zero-order chi connectivity index (χ0) is 62.1. The Balaban J connectivity index is 1.99. The SMILES string of the molecule is CC(C)C[C@H](NC(=O)[C@@H]1CSSC[C@H](NC(=O)[C@H](C)NC(=O)[C@H](C)NC(=O)[C@@H](N)CC(=O)O)C(=O)N[C@@H](C)C(=O)N[C@@H](C)C(=O)N[C@@H](CCCCN)C(=O)N1)C(=O)N[C@@H](Cc1c[nH]c2ccccc12)C(=O)N[C@@H](CCCN=C(N)N)C(N)=O. The van der Waals surface area contributed by atoms with Crippen molar-refractivity contribution in [3.8, 4) is 0 Å². The number of carbonyl (C=O) groups excluding carboxylic acids is 11. The van der Waals surface area contributed by atoms with Gasteiger partial charge in [-0.05, 0) is 90.3 Å². The minimum absolute atomic E-state index is 0.0138. The maximum atomic E-state index is 14.7. The van der Waals surface area contributed by atoms with E-state index in [0.717, 1.165) is 32.5 Å². The third-order valence-electron chi connectivity index (χ3n) is 12.8. The molecule has 22 N–H and O–H groups in total. The van der Waals surface area contributed by atoms with Gasteiger partial charge in [-0.25, -0.2) is 0 Å². The number of para-hydroxylation sites is 1. The first-order valence-corrected chi connectivity index (χ1v) is 29.5. The van der Waals surface area contributed by atoms with Gasteiger partial charge in [-0.2, -0.15) is 0 Å². The van der Waals surface area contributed by atoms with E-state index in [9.17, 15) is 57.5 Å². The van der Waals surface area contributed by atoms with E-state index in [1.165, 1.54) is 27.7 Å². The zero-order valence-corrected chi connectivity index (χ0v) is 48.9. The van der Waals surface area contributed by atoms with Gasteiger partial charge in [0.2, 0.25) is 65.0 Å². The van der Waals surface area contributed by atoms with Crippen LogP contribution in [-0.4, -0.2) is 178 Å². The number of carbonyl (C=O) groups is 12. The molecule has 2 heterocycles. The van der Waals surface area contributed by atoms with Gasteiger partial charge in [0, 0.05) is 41.6 Å². The number of H-pyrrole nitrogens is 1. The van der Waals surface area contributed by atoms with E-state index < -0.39 is 144 Å². The van der Waals surface area contributed by atoms with Crippen LogP contribution in [0.5, 0.6) is 0 Å². The van der Waals surface area contributed by atoms with Crippen LogP contribution in [0.3, 0.4) is 0 Å². The number of nitrogens with two attached hydrogens (primary N) is 5. The average molecular weight is 1200 g/mol. The van der Waals surface area contributed by atoms with E-state index in [0.29, 0.717) is 18.4 Å². The zero-order valence-electron chi connectivity index (χ0n) is 47.3. The number of carboxylic acids is 1. The summed E-state index contributed by atoms with van der Waals surface area (Å²) in [4.78, 5) is 168. The van der Waals surface area contributed by atoms with Gasteiger partial charge in [-0.1, -0.05) is 53.6 Å². The molecule has 0 saturated carbocycles. The van der Waals surface area contributed by atoms with E-state index in [1.807, 2.05) is 18.2 Å². The maximum absolute atomic E-state index is 14.7. The number of aromatic nitrogens is 1. The molecule has 1 saturated heterocycles. The summed E-state index contributed by atoms with van der Waals surface area (Å²) in [6.07, 6.45) is 2.06. The number of hydrogen-bond acceptors (Lipinski definition) is 17. The fourth-order valence-electron chi connectivity index (χ4n) is 8.12. The Kier molecular flexibility index (Phi) is 29.1. The number of aromatic amines is 1. The molecule has 0 spiro atoms. The van der Waals surface area contributed by atoms with E-state index in [4.69, 9.17) is 33.8 Å². The average Bonchev–Trinajstić information content (AvgIpc) is 4.13. The number of rotatable bonds is 27. The van der Waals surface area contributed by atoms with Crippen molar-refractivity contribution in [1.29, 1.82) is 0 Å². The number of hydrogen-bond donors (Lipinski definition) is 17. The molecule has 30 nitrogen and oxygen atoms in total. The van der Waals surface area contributed by atoms with Crippen molar-refractivity contribution in [2.24, 2.45) is 39.6 Å². The van der Waals surface area contributed by atoms with Crippen LogP contribution in [0.15, 0.2) is 35.5 Å². The number of benzene rings is 1. The lowest BCUT2D eigenvalue weighted by Crippen LogP contribution is -2.60. The second-order valence-corrected chi connectivity index (χ2v) is 22.9. The van der Waals surface area contributed by atoms with Crippen molar-refractivity contribution in [3.63, 3.8) is 0 Å². The van der Waals surface area contributed by atoms with Crippen LogP contribution < -0.4 is 81.8 Å². The summed E-state index contributed by atoms with van der Waals surface area (Å²) < 4.78 is 0. The smallest absolute Gasteiger partial charge is 0.305 e. The van der Waals surface area contributed by atoms with Crippen LogP contribution in [0.2, 0.25) is 0 Å². The molecule has 11 amide bonds. The van der Waals surface area contributed by atoms with Crippen molar-refractivity contribution in [1.82, 2.24) is 58.2 Å². The van der Waals surface area contributed by atoms with Gasteiger partial charge in [0.1, 0.15) is 60.4 Å². The van der Waals surface area contributed by atoms with Crippen molar-refractivity contribution in [2.75, 3.05) is 24.6 Å². The number of amides is 11. The summed E-state index contributed by atoms with van der Waals surface area (Å²) in [5.41, 5.74) is 29.3. The van der Waals surface area contributed by atoms with Crippen molar-refractivity contribution in [3.05, 3.63) is 36.0 Å². The van der Waals surface area contributed by atoms with Crippen LogP contribution in [0.25, 0.3) is 10.9 Å². The van der Waals surface area contributed by atoms with Crippen LogP contribution in [0, 0.1) is 5.92 Å². The van der Waals surface area contributed by atoms with Gasteiger partial charge in [0.25, 0.3) is 0 Å². The Bertz CT molecular complexity index is 2660. The molecule has 0 bridgehead atoms. The lowest BCUT2D eigenvalue weighted by atomic mass is 10.00. The summed E-state index contributed by atoms with van der Waals surface area (Å²) >= 11 is 0. The Labute approximate surface area is 487 Å². The Morgan fingerprint density at radius 3 is 1.94 bits per heavy atom. The molecule has 2 aromatic rings. The fourth-order valence-corrected chi connectivity index (χ4v) is 10.4. The lowest BCUT2D eigenvalue weighted by Gasteiger charge is -2.28. The standard InChI is InChI=1S/C51H81N17O13S2/c1-24(2)18-35(47(78)66-36(19-29-21-58-32-13-8-7-12-30(29)32)48(79)63-33(40(54)71)15-11-17-57-51(55)56)65-50(81)38-23-83-82-22-37(67-44(75)28(6)60-41(72)25(3)61-45(76)31(53)20-39(69)70)49(80)62-26(4)42(73)59-27(5)43(74)64-34(46(77)68-38)14-9-10-16-52/h7-8,12-13,21,24-28,31,33-38,58H,9-11,14-20,22-23,52-53H2,1-6H3,(H2,54,71)(H,59,73)(H,60,72)(H,61,76)(H,62,80)(H,63,79)(H,64,74)(H,65,81)(H,66,78)(H,67,75)(H,68,77)(H,69,70)(H4,55,56,57)/t25-,26-,27-,28-,31-,33-,34-,35-,36-,37-,38-/m0/s1. The molecule has 1 aromatic carbocycles.